The molecule has 252 valence electrons. The van der Waals surface area contributed by atoms with Crippen molar-refractivity contribution >= 4 is 32.4 Å². The highest BCUT2D eigenvalue weighted by Crippen LogP contribution is 2.38. The van der Waals surface area contributed by atoms with Crippen LogP contribution in [0.15, 0.2) is 194 Å². The maximum absolute atomic E-state index is 5.25. The Morgan fingerprint density at radius 2 is 0.648 bits per heavy atom. The van der Waals surface area contributed by atoms with E-state index in [4.69, 9.17) is 19.9 Å². The predicted octanol–water partition coefficient (Wildman–Crippen LogP) is 12.7. The van der Waals surface area contributed by atoms with E-state index in [1.54, 1.807) is 0 Å². The van der Waals surface area contributed by atoms with E-state index in [1.807, 2.05) is 12.1 Å². The van der Waals surface area contributed by atoms with Gasteiger partial charge in [-0.25, -0.2) is 19.9 Å². The van der Waals surface area contributed by atoms with Gasteiger partial charge in [0.1, 0.15) is 0 Å². The van der Waals surface area contributed by atoms with Crippen molar-refractivity contribution in [3.8, 4) is 67.7 Å². The van der Waals surface area contributed by atoms with Crippen molar-refractivity contribution in [1.29, 1.82) is 0 Å². The Morgan fingerprint density at radius 3 is 1.19 bits per heavy atom. The summed E-state index contributed by atoms with van der Waals surface area (Å²) in [5.74, 6) is 1.86. The van der Waals surface area contributed by atoms with E-state index >= 15 is 0 Å². The van der Waals surface area contributed by atoms with Gasteiger partial charge in [0.15, 0.2) is 17.5 Å². The van der Waals surface area contributed by atoms with Gasteiger partial charge >= 0.3 is 0 Å². The molecular formula is C50H32N4. The summed E-state index contributed by atoms with van der Waals surface area (Å²) in [4.78, 5) is 20.4. The Labute approximate surface area is 313 Å². The Hall–Kier alpha value is -7.30. The second kappa shape index (κ2) is 13.4. The van der Waals surface area contributed by atoms with E-state index in [1.165, 1.54) is 27.3 Å². The van der Waals surface area contributed by atoms with Crippen molar-refractivity contribution in [2.24, 2.45) is 0 Å². The molecule has 10 aromatic rings. The van der Waals surface area contributed by atoms with Crippen LogP contribution in [0.25, 0.3) is 100 Å². The summed E-state index contributed by atoms with van der Waals surface area (Å²) in [5, 5.41) is 5.88. The van der Waals surface area contributed by atoms with Gasteiger partial charge in [-0.1, -0.05) is 188 Å². The highest BCUT2D eigenvalue weighted by molar-refractivity contribution is 6.21. The molecule has 0 aliphatic rings. The van der Waals surface area contributed by atoms with Crippen LogP contribution in [0.3, 0.4) is 0 Å². The topological polar surface area (TPSA) is 51.6 Å². The van der Waals surface area contributed by atoms with Crippen LogP contribution in [0.1, 0.15) is 0 Å². The van der Waals surface area contributed by atoms with E-state index in [9.17, 15) is 0 Å². The largest absolute Gasteiger partial charge is 0.247 e. The van der Waals surface area contributed by atoms with Gasteiger partial charge in [-0.2, -0.15) is 0 Å². The number of benzene rings is 8. The van der Waals surface area contributed by atoms with Gasteiger partial charge in [0.05, 0.1) is 11.2 Å². The van der Waals surface area contributed by atoms with Crippen molar-refractivity contribution in [3.63, 3.8) is 0 Å². The highest BCUT2D eigenvalue weighted by atomic mass is 15.0. The van der Waals surface area contributed by atoms with E-state index in [-0.39, 0.29) is 0 Å². The molecule has 0 aliphatic heterocycles. The number of hydrogen-bond acceptors (Lipinski definition) is 4. The smallest absolute Gasteiger partial charge is 0.164 e. The summed E-state index contributed by atoms with van der Waals surface area (Å²) in [6.07, 6.45) is 0. The molecule has 2 heterocycles. The van der Waals surface area contributed by atoms with Gasteiger partial charge in [-0.05, 0) is 44.5 Å². The Morgan fingerprint density at radius 1 is 0.241 bits per heavy atom. The minimum absolute atomic E-state index is 0.614. The maximum Gasteiger partial charge on any atom is 0.164 e. The van der Waals surface area contributed by atoms with Crippen LogP contribution >= 0.6 is 0 Å². The molecule has 54 heavy (non-hydrogen) atoms. The molecule has 0 saturated carbocycles. The molecule has 0 atom stereocenters. The zero-order chi connectivity index (χ0) is 35.8. The third-order valence-corrected chi connectivity index (χ3v) is 10.1. The molecule has 4 heteroatoms. The monoisotopic (exact) mass is 688 g/mol. The van der Waals surface area contributed by atoms with Gasteiger partial charge < -0.3 is 0 Å². The van der Waals surface area contributed by atoms with Crippen molar-refractivity contribution < 1.29 is 0 Å². The van der Waals surface area contributed by atoms with Crippen LogP contribution in [0.5, 0.6) is 0 Å². The third-order valence-electron chi connectivity index (χ3n) is 10.1. The third kappa shape index (κ3) is 5.76. The number of fused-ring (bicyclic) bond motifs is 5. The lowest BCUT2D eigenvalue weighted by Gasteiger charge is -2.13. The number of para-hydroxylation sites is 1. The van der Waals surface area contributed by atoms with Gasteiger partial charge in [0, 0.05) is 33.0 Å². The van der Waals surface area contributed by atoms with Crippen LogP contribution in [0.4, 0.5) is 0 Å². The molecular weight excluding hydrogens is 657 g/mol. The summed E-state index contributed by atoms with van der Waals surface area (Å²) in [6.45, 7) is 0. The second-order valence-electron chi connectivity index (χ2n) is 13.5. The number of rotatable bonds is 6. The van der Waals surface area contributed by atoms with E-state index in [0.29, 0.717) is 17.5 Å². The molecule has 4 nitrogen and oxygen atoms in total. The summed E-state index contributed by atoms with van der Waals surface area (Å²) in [6, 6.07) is 67.5. The van der Waals surface area contributed by atoms with Crippen LogP contribution in [-0.2, 0) is 0 Å². The van der Waals surface area contributed by atoms with Crippen molar-refractivity contribution in [2.45, 2.75) is 0 Å². The molecule has 0 spiro atoms. The highest BCUT2D eigenvalue weighted by Gasteiger charge is 2.16. The minimum atomic E-state index is 0.614. The first-order chi connectivity index (χ1) is 26.7. The molecule has 8 aromatic carbocycles. The summed E-state index contributed by atoms with van der Waals surface area (Å²) in [5.41, 5.74) is 10.3. The van der Waals surface area contributed by atoms with Crippen LogP contribution in [0, 0.1) is 0 Å². The van der Waals surface area contributed by atoms with Gasteiger partial charge in [-0.15, -0.1) is 0 Å². The Bertz CT molecular complexity index is 2840. The van der Waals surface area contributed by atoms with Crippen molar-refractivity contribution in [3.05, 3.63) is 194 Å². The summed E-state index contributed by atoms with van der Waals surface area (Å²) < 4.78 is 0. The standard InChI is InChI=1S/C50H32N4/c1-3-11-33(12-4-1)35-19-25-39(26-20-35)48-52-49(40-27-21-36(22-28-40)34-13-5-2-6-14-34)54-50(53-48)41-29-23-38(24-30-41)47-46-42-16-8-7-15-37(42)31-32-44(46)43-17-9-10-18-45(43)51-47/h1-32H. The zero-order valence-corrected chi connectivity index (χ0v) is 29.3. The van der Waals surface area contributed by atoms with Crippen LogP contribution < -0.4 is 0 Å². The fourth-order valence-corrected chi connectivity index (χ4v) is 7.36. The van der Waals surface area contributed by atoms with Gasteiger partial charge in [0.25, 0.3) is 0 Å². The first-order valence-corrected chi connectivity index (χ1v) is 18.1. The first kappa shape index (κ1) is 31.4. The fourth-order valence-electron chi connectivity index (χ4n) is 7.36. The Kier molecular flexibility index (Phi) is 7.77. The lowest BCUT2D eigenvalue weighted by atomic mass is 9.95. The number of pyridine rings is 1. The number of aromatic nitrogens is 4. The quantitative estimate of drug-likeness (QED) is 0.163. The normalized spacial score (nSPS) is 11.3. The molecule has 2 aromatic heterocycles. The van der Waals surface area contributed by atoms with Crippen molar-refractivity contribution in [1.82, 2.24) is 19.9 Å². The zero-order valence-electron chi connectivity index (χ0n) is 29.3. The molecule has 10 rings (SSSR count). The minimum Gasteiger partial charge on any atom is -0.247 e. The molecule has 0 radical (unpaired) electrons. The van der Waals surface area contributed by atoms with Gasteiger partial charge in [-0.3, -0.25) is 0 Å². The fraction of sp³-hybridized carbons (Fsp3) is 0. The molecule has 0 fully saturated rings. The van der Waals surface area contributed by atoms with Crippen LogP contribution in [0.2, 0.25) is 0 Å². The average Bonchev–Trinajstić information content (AvgIpc) is 3.26. The molecule has 0 amide bonds. The number of hydrogen-bond donors (Lipinski definition) is 0. The molecule has 0 saturated heterocycles. The predicted molar refractivity (Wildman–Crippen MR) is 223 cm³/mol. The van der Waals surface area contributed by atoms with Crippen LogP contribution in [-0.4, -0.2) is 19.9 Å². The SMILES string of the molecule is c1ccc(-c2ccc(-c3nc(-c4ccc(-c5ccccc5)cc4)nc(-c4ccc(-c5nc6ccccc6c6ccc7ccccc7c56)cc4)n3)cc2)cc1. The molecule has 0 bridgehead atoms. The summed E-state index contributed by atoms with van der Waals surface area (Å²) in [7, 11) is 0. The molecule has 0 unspecified atom stereocenters. The number of nitrogens with zero attached hydrogens (tertiary/aromatic N) is 4. The van der Waals surface area contributed by atoms with E-state index < -0.39 is 0 Å². The van der Waals surface area contributed by atoms with E-state index in [2.05, 4.69) is 182 Å². The lowest BCUT2D eigenvalue weighted by molar-refractivity contribution is 1.07. The maximum atomic E-state index is 5.25. The van der Waals surface area contributed by atoms with Crippen molar-refractivity contribution in [2.75, 3.05) is 0 Å². The Balaban J connectivity index is 1.09. The second-order valence-corrected chi connectivity index (χ2v) is 13.5. The van der Waals surface area contributed by atoms with E-state index in [0.717, 1.165) is 55.4 Å². The lowest BCUT2D eigenvalue weighted by Crippen LogP contribution is -2.00. The van der Waals surface area contributed by atoms with Gasteiger partial charge in [0.2, 0.25) is 0 Å². The average molecular weight is 689 g/mol. The molecule has 0 aliphatic carbocycles. The summed E-state index contributed by atoms with van der Waals surface area (Å²) >= 11 is 0. The molecule has 0 N–H and O–H groups in total. The first-order valence-electron chi connectivity index (χ1n) is 18.1.